The average molecular weight is 198 g/mol. The summed E-state index contributed by atoms with van der Waals surface area (Å²) in [5, 5.41) is 8.44. The van der Waals surface area contributed by atoms with Crippen molar-refractivity contribution in [1.29, 1.82) is 5.26 Å². The number of hydrogen-bond acceptors (Lipinski definition) is 2. The molecule has 0 aromatic heterocycles. The highest BCUT2D eigenvalue weighted by molar-refractivity contribution is 5.55. The summed E-state index contributed by atoms with van der Waals surface area (Å²) in [6, 6.07) is 10.5. The summed E-state index contributed by atoms with van der Waals surface area (Å²) in [7, 11) is 0. The van der Waals surface area contributed by atoms with Crippen molar-refractivity contribution in [3.63, 3.8) is 0 Å². The van der Waals surface area contributed by atoms with Crippen molar-refractivity contribution in [2.45, 2.75) is 12.8 Å². The average Bonchev–Trinajstić information content (AvgIpc) is 2.30. The molecule has 1 aliphatic rings. The fraction of sp³-hybridized carbons (Fsp3) is 0.308. The van der Waals surface area contributed by atoms with Crippen LogP contribution >= 0.6 is 0 Å². The van der Waals surface area contributed by atoms with E-state index in [1.165, 1.54) is 24.1 Å². The fourth-order valence-corrected chi connectivity index (χ4v) is 2.03. The number of rotatable bonds is 2. The SMILES string of the molecule is N#CC=CCN1CCCc2ccccc21. The number of para-hydroxylation sites is 1. The lowest BCUT2D eigenvalue weighted by Gasteiger charge is -2.30. The number of anilines is 1. The van der Waals surface area contributed by atoms with Crippen molar-refractivity contribution in [1.82, 2.24) is 0 Å². The van der Waals surface area contributed by atoms with Crippen LogP contribution in [0, 0.1) is 11.3 Å². The second-order valence-electron chi connectivity index (χ2n) is 3.71. The van der Waals surface area contributed by atoms with Gasteiger partial charge in [-0.3, -0.25) is 0 Å². The Labute approximate surface area is 90.4 Å². The number of hydrogen-bond donors (Lipinski definition) is 0. The molecule has 0 saturated carbocycles. The summed E-state index contributed by atoms with van der Waals surface area (Å²) >= 11 is 0. The lowest BCUT2D eigenvalue weighted by Crippen LogP contribution is -2.29. The van der Waals surface area contributed by atoms with Gasteiger partial charge in [-0.15, -0.1) is 0 Å². The van der Waals surface area contributed by atoms with Crippen molar-refractivity contribution in [2.75, 3.05) is 18.0 Å². The second-order valence-corrected chi connectivity index (χ2v) is 3.71. The highest BCUT2D eigenvalue weighted by atomic mass is 15.1. The molecule has 1 heterocycles. The van der Waals surface area contributed by atoms with Gasteiger partial charge in [0.1, 0.15) is 0 Å². The lowest BCUT2D eigenvalue weighted by atomic mass is 10.0. The zero-order valence-corrected chi connectivity index (χ0v) is 8.69. The maximum absolute atomic E-state index is 8.44. The molecule has 2 heteroatoms. The van der Waals surface area contributed by atoms with E-state index in [1.54, 1.807) is 6.08 Å². The van der Waals surface area contributed by atoms with Crippen LogP contribution in [0.15, 0.2) is 36.4 Å². The number of aryl methyl sites for hydroxylation is 1. The van der Waals surface area contributed by atoms with Crippen LogP contribution in [-0.4, -0.2) is 13.1 Å². The monoisotopic (exact) mass is 198 g/mol. The van der Waals surface area contributed by atoms with Crippen molar-refractivity contribution in [2.24, 2.45) is 0 Å². The molecule has 0 saturated heterocycles. The number of allylic oxidation sites excluding steroid dienone is 1. The van der Waals surface area contributed by atoms with E-state index in [9.17, 15) is 0 Å². The van der Waals surface area contributed by atoms with Gasteiger partial charge >= 0.3 is 0 Å². The Kier molecular flexibility index (Phi) is 3.04. The Morgan fingerprint density at radius 3 is 3.13 bits per heavy atom. The summed E-state index contributed by atoms with van der Waals surface area (Å²) < 4.78 is 0. The van der Waals surface area contributed by atoms with Gasteiger partial charge in [0.25, 0.3) is 0 Å². The summed E-state index contributed by atoms with van der Waals surface area (Å²) in [4.78, 5) is 2.33. The largest absolute Gasteiger partial charge is 0.368 e. The van der Waals surface area contributed by atoms with Crippen LogP contribution in [-0.2, 0) is 6.42 Å². The van der Waals surface area contributed by atoms with Crippen molar-refractivity contribution < 1.29 is 0 Å². The van der Waals surface area contributed by atoms with E-state index < -0.39 is 0 Å². The lowest BCUT2D eigenvalue weighted by molar-refractivity contribution is 0.722. The molecule has 0 aliphatic carbocycles. The van der Waals surface area contributed by atoms with Crippen LogP contribution in [0.4, 0.5) is 5.69 Å². The van der Waals surface area contributed by atoms with E-state index in [0.29, 0.717) is 0 Å². The molecule has 0 unspecified atom stereocenters. The Bertz CT molecular complexity index is 401. The molecule has 0 atom stereocenters. The van der Waals surface area contributed by atoms with E-state index in [-0.39, 0.29) is 0 Å². The van der Waals surface area contributed by atoms with Gasteiger partial charge in [-0.05, 0) is 24.5 Å². The molecule has 1 aromatic carbocycles. The first kappa shape index (κ1) is 9.79. The maximum Gasteiger partial charge on any atom is 0.0909 e. The maximum atomic E-state index is 8.44. The molecule has 1 aromatic rings. The zero-order chi connectivity index (χ0) is 10.5. The quantitative estimate of drug-likeness (QED) is 0.683. The van der Waals surface area contributed by atoms with Gasteiger partial charge in [0.05, 0.1) is 6.07 Å². The minimum absolute atomic E-state index is 0.838. The molecule has 76 valence electrons. The van der Waals surface area contributed by atoms with Crippen LogP contribution in [0.5, 0.6) is 0 Å². The molecule has 0 spiro atoms. The first-order chi connectivity index (χ1) is 7.42. The topological polar surface area (TPSA) is 27.0 Å². The van der Waals surface area contributed by atoms with Crippen molar-refractivity contribution >= 4 is 5.69 Å². The van der Waals surface area contributed by atoms with Gasteiger partial charge in [-0.1, -0.05) is 24.3 Å². The van der Waals surface area contributed by atoms with Gasteiger partial charge in [0.15, 0.2) is 0 Å². The Balaban J connectivity index is 2.16. The van der Waals surface area contributed by atoms with E-state index in [2.05, 4.69) is 29.2 Å². The molecule has 0 amide bonds. The molecule has 2 rings (SSSR count). The van der Waals surface area contributed by atoms with Gasteiger partial charge in [0.2, 0.25) is 0 Å². The van der Waals surface area contributed by atoms with Crippen molar-refractivity contribution in [3.8, 4) is 6.07 Å². The van der Waals surface area contributed by atoms with E-state index in [1.807, 2.05) is 12.1 Å². The zero-order valence-electron chi connectivity index (χ0n) is 8.69. The van der Waals surface area contributed by atoms with Crippen LogP contribution in [0.1, 0.15) is 12.0 Å². The molecule has 2 nitrogen and oxygen atoms in total. The van der Waals surface area contributed by atoms with E-state index >= 15 is 0 Å². The predicted octanol–water partition coefficient (Wildman–Crippen LogP) is 2.52. The normalized spacial score (nSPS) is 15.0. The molecule has 0 fully saturated rings. The highest BCUT2D eigenvalue weighted by Crippen LogP contribution is 2.26. The number of nitrogens with zero attached hydrogens (tertiary/aromatic N) is 2. The number of benzene rings is 1. The van der Waals surface area contributed by atoms with Gasteiger partial charge < -0.3 is 4.90 Å². The standard InChI is InChI=1S/C13H14N2/c14-9-3-4-10-15-11-5-7-12-6-1-2-8-13(12)15/h1-4,6,8H,5,7,10-11H2. The minimum atomic E-state index is 0.838. The Morgan fingerprint density at radius 1 is 1.40 bits per heavy atom. The minimum Gasteiger partial charge on any atom is -0.368 e. The summed E-state index contributed by atoms with van der Waals surface area (Å²) in [6.07, 6.45) is 5.85. The first-order valence-corrected chi connectivity index (χ1v) is 5.29. The van der Waals surface area contributed by atoms with E-state index in [4.69, 9.17) is 5.26 Å². The predicted molar refractivity (Wildman–Crippen MR) is 61.7 cm³/mol. The summed E-state index contributed by atoms with van der Waals surface area (Å²) in [5.41, 5.74) is 2.75. The fourth-order valence-electron chi connectivity index (χ4n) is 2.03. The van der Waals surface area contributed by atoms with Crippen LogP contribution in [0.2, 0.25) is 0 Å². The molecule has 1 aliphatic heterocycles. The summed E-state index contributed by atoms with van der Waals surface area (Å²) in [5.74, 6) is 0. The third kappa shape index (κ3) is 2.19. The van der Waals surface area contributed by atoms with Crippen molar-refractivity contribution in [3.05, 3.63) is 42.0 Å². The third-order valence-electron chi connectivity index (χ3n) is 2.72. The van der Waals surface area contributed by atoms with Gasteiger partial charge in [-0.2, -0.15) is 5.26 Å². The summed E-state index contributed by atoms with van der Waals surface area (Å²) in [6.45, 7) is 1.93. The first-order valence-electron chi connectivity index (χ1n) is 5.29. The molecule has 15 heavy (non-hydrogen) atoms. The smallest absolute Gasteiger partial charge is 0.0909 e. The van der Waals surface area contributed by atoms with Gasteiger partial charge in [0, 0.05) is 24.9 Å². The van der Waals surface area contributed by atoms with Crippen LogP contribution in [0.3, 0.4) is 0 Å². The highest BCUT2D eigenvalue weighted by Gasteiger charge is 2.14. The number of nitriles is 1. The molecular weight excluding hydrogens is 184 g/mol. The Morgan fingerprint density at radius 2 is 2.27 bits per heavy atom. The van der Waals surface area contributed by atoms with Crippen LogP contribution < -0.4 is 4.90 Å². The molecule has 0 N–H and O–H groups in total. The third-order valence-corrected chi connectivity index (χ3v) is 2.72. The second kappa shape index (κ2) is 4.65. The molecule has 0 bridgehead atoms. The number of fused-ring (bicyclic) bond motifs is 1. The molecule has 0 radical (unpaired) electrons. The van der Waals surface area contributed by atoms with Gasteiger partial charge in [-0.25, -0.2) is 0 Å². The molecular formula is C13H14N2. The van der Waals surface area contributed by atoms with E-state index in [0.717, 1.165) is 13.1 Å². The Hall–Kier alpha value is -1.75. The van der Waals surface area contributed by atoms with Crippen LogP contribution in [0.25, 0.3) is 0 Å².